The van der Waals surface area contributed by atoms with Crippen LogP contribution in [0, 0.1) is 0 Å². The van der Waals surface area contributed by atoms with E-state index in [1.54, 1.807) is 0 Å². The molecule has 0 aliphatic rings. The zero-order chi connectivity index (χ0) is 14.4. The first-order valence-electron chi connectivity index (χ1n) is 7.26. The van der Waals surface area contributed by atoms with E-state index in [0.717, 1.165) is 4.47 Å². The van der Waals surface area contributed by atoms with Gasteiger partial charge >= 0.3 is 0 Å². The van der Waals surface area contributed by atoms with Gasteiger partial charge in [-0.1, -0.05) is 65.7 Å². The fraction of sp³-hybridized carbons (Fsp3) is 0.333. The number of aryl methyl sites for hydroxylation is 1. The lowest BCUT2D eigenvalue weighted by Crippen LogP contribution is -2.17. The zero-order valence-electron chi connectivity index (χ0n) is 12.2. The summed E-state index contributed by atoms with van der Waals surface area (Å²) in [6.07, 6.45) is 3.69. The molecule has 1 nitrogen and oxygen atoms in total. The number of benzene rings is 2. The van der Waals surface area contributed by atoms with Crippen molar-refractivity contribution < 1.29 is 0 Å². The lowest BCUT2D eigenvalue weighted by molar-refractivity contribution is 0.690. The summed E-state index contributed by atoms with van der Waals surface area (Å²) in [4.78, 5) is 0. The van der Waals surface area contributed by atoms with Crippen LogP contribution in [0.1, 0.15) is 42.5 Å². The minimum atomic E-state index is 0.243. The maximum atomic E-state index is 3.54. The molecule has 2 rings (SSSR count). The first kappa shape index (κ1) is 15.3. The van der Waals surface area contributed by atoms with E-state index in [2.05, 4.69) is 76.7 Å². The first-order valence-corrected chi connectivity index (χ1v) is 8.05. The van der Waals surface area contributed by atoms with E-state index >= 15 is 0 Å². The highest BCUT2D eigenvalue weighted by molar-refractivity contribution is 9.10. The SMILES string of the molecule is CCCCc1ccc(C(NC)c2cccc(Br)c2)cc1. The topological polar surface area (TPSA) is 12.0 Å². The summed E-state index contributed by atoms with van der Waals surface area (Å²) in [5.41, 5.74) is 4.02. The van der Waals surface area contributed by atoms with E-state index in [0.29, 0.717) is 0 Å². The fourth-order valence-electron chi connectivity index (χ4n) is 2.47. The molecule has 1 N–H and O–H groups in total. The van der Waals surface area contributed by atoms with Gasteiger partial charge in [-0.2, -0.15) is 0 Å². The number of unbranched alkanes of at least 4 members (excludes halogenated alkanes) is 1. The average molecular weight is 332 g/mol. The molecule has 1 atom stereocenters. The molecule has 1 unspecified atom stereocenters. The molecule has 0 radical (unpaired) electrons. The van der Waals surface area contributed by atoms with Gasteiger partial charge in [0.1, 0.15) is 0 Å². The van der Waals surface area contributed by atoms with Crippen LogP contribution < -0.4 is 5.32 Å². The van der Waals surface area contributed by atoms with Crippen molar-refractivity contribution >= 4 is 15.9 Å². The van der Waals surface area contributed by atoms with Crippen molar-refractivity contribution in [3.63, 3.8) is 0 Å². The molecule has 0 aromatic heterocycles. The highest BCUT2D eigenvalue weighted by Gasteiger charge is 2.11. The second kappa shape index (κ2) is 7.61. The Bertz CT molecular complexity index is 533. The molecule has 0 fully saturated rings. The van der Waals surface area contributed by atoms with Gasteiger partial charge < -0.3 is 5.32 Å². The van der Waals surface area contributed by atoms with Crippen LogP contribution in [-0.2, 0) is 6.42 Å². The molecule has 0 heterocycles. The molecular weight excluding hydrogens is 310 g/mol. The van der Waals surface area contributed by atoms with Gasteiger partial charge in [0.25, 0.3) is 0 Å². The number of hydrogen-bond acceptors (Lipinski definition) is 1. The summed E-state index contributed by atoms with van der Waals surface area (Å²) in [6, 6.07) is 17.7. The molecule has 0 bridgehead atoms. The van der Waals surface area contributed by atoms with Crippen molar-refractivity contribution in [2.75, 3.05) is 7.05 Å². The number of hydrogen-bond donors (Lipinski definition) is 1. The quantitative estimate of drug-likeness (QED) is 0.776. The predicted molar refractivity (Wildman–Crippen MR) is 90.1 cm³/mol. The largest absolute Gasteiger partial charge is 0.309 e. The monoisotopic (exact) mass is 331 g/mol. The van der Waals surface area contributed by atoms with Gasteiger partial charge in [0, 0.05) is 4.47 Å². The Balaban J connectivity index is 2.19. The van der Waals surface area contributed by atoms with Gasteiger partial charge in [-0.15, -0.1) is 0 Å². The van der Waals surface area contributed by atoms with Gasteiger partial charge in [0.15, 0.2) is 0 Å². The number of rotatable bonds is 6. The van der Waals surface area contributed by atoms with Crippen LogP contribution in [0.25, 0.3) is 0 Å². The molecule has 2 aromatic rings. The molecule has 0 aliphatic heterocycles. The Labute approximate surface area is 130 Å². The van der Waals surface area contributed by atoms with E-state index in [1.807, 2.05) is 7.05 Å². The highest BCUT2D eigenvalue weighted by atomic mass is 79.9. The summed E-state index contributed by atoms with van der Waals surface area (Å²) >= 11 is 3.54. The van der Waals surface area contributed by atoms with Crippen LogP contribution >= 0.6 is 15.9 Å². The van der Waals surface area contributed by atoms with Crippen molar-refractivity contribution in [1.82, 2.24) is 5.32 Å². The van der Waals surface area contributed by atoms with Gasteiger partial charge in [0.05, 0.1) is 6.04 Å². The molecule has 0 saturated heterocycles. The van der Waals surface area contributed by atoms with Crippen LogP contribution in [0.3, 0.4) is 0 Å². The standard InChI is InChI=1S/C18H22BrN/c1-3-4-6-14-9-11-15(12-10-14)18(20-2)16-7-5-8-17(19)13-16/h5,7-13,18,20H,3-4,6H2,1-2H3. The average Bonchev–Trinajstić information content (AvgIpc) is 2.47. The third-order valence-corrected chi connectivity index (χ3v) is 4.10. The van der Waals surface area contributed by atoms with Crippen molar-refractivity contribution in [2.45, 2.75) is 32.2 Å². The summed E-state index contributed by atoms with van der Waals surface area (Å²) in [5.74, 6) is 0. The van der Waals surface area contributed by atoms with Gasteiger partial charge in [-0.05, 0) is 48.7 Å². The normalized spacial score (nSPS) is 12.3. The molecular formula is C18H22BrN. The van der Waals surface area contributed by atoms with Crippen molar-refractivity contribution in [3.8, 4) is 0 Å². The summed E-state index contributed by atoms with van der Waals surface area (Å²) in [7, 11) is 2.01. The third kappa shape index (κ3) is 3.94. The van der Waals surface area contributed by atoms with Gasteiger partial charge in [0.2, 0.25) is 0 Å². The Morgan fingerprint density at radius 1 is 1.05 bits per heavy atom. The van der Waals surface area contributed by atoms with E-state index in [9.17, 15) is 0 Å². The number of halogens is 1. The van der Waals surface area contributed by atoms with Crippen molar-refractivity contribution in [1.29, 1.82) is 0 Å². The Hall–Kier alpha value is -1.12. The Morgan fingerprint density at radius 3 is 2.40 bits per heavy atom. The second-order valence-corrected chi connectivity index (χ2v) is 6.04. The van der Waals surface area contributed by atoms with Crippen LogP contribution in [0.2, 0.25) is 0 Å². The van der Waals surface area contributed by atoms with Crippen LogP contribution in [0.4, 0.5) is 0 Å². The molecule has 0 amide bonds. The van der Waals surface area contributed by atoms with Gasteiger partial charge in [-0.25, -0.2) is 0 Å². The Kier molecular flexibility index (Phi) is 5.81. The molecule has 106 valence electrons. The van der Waals surface area contributed by atoms with Crippen molar-refractivity contribution in [3.05, 3.63) is 69.7 Å². The lowest BCUT2D eigenvalue weighted by Gasteiger charge is -2.18. The smallest absolute Gasteiger partial charge is 0.0574 e. The van der Waals surface area contributed by atoms with E-state index in [4.69, 9.17) is 0 Å². The van der Waals surface area contributed by atoms with E-state index in [1.165, 1.54) is 36.0 Å². The van der Waals surface area contributed by atoms with Gasteiger partial charge in [-0.3, -0.25) is 0 Å². The van der Waals surface area contributed by atoms with Crippen molar-refractivity contribution in [2.24, 2.45) is 0 Å². The Morgan fingerprint density at radius 2 is 1.80 bits per heavy atom. The molecule has 0 saturated carbocycles. The number of nitrogens with one attached hydrogen (secondary N) is 1. The third-order valence-electron chi connectivity index (χ3n) is 3.60. The minimum absolute atomic E-state index is 0.243. The summed E-state index contributed by atoms with van der Waals surface area (Å²) in [5, 5.41) is 3.40. The summed E-state index contributed by atoms with van der Waals surface area (Å²) in [6.45, 7) is 2.23. The molecule has 2 aromatic carbocycles. The summed E-state index contributed by atoms with van der Waals surface area (Å²) < 4.78 is 1.12. The molecule has 2 heteroatoms. The van der Waals surface area contributed by atoms with Crippen LogP contribution in [-0.4, -0.2) is 7.05 Å². The first-order chi connectivity index (χ1) is 9.74. The molecule has 20 heavy (non-hydrogen) atoms. The maximum absolute atomic E-state index is 3.54. The fourth-order valence-corrected chi connectivity index (χ4v) is 2.89. The van der Waals surface area contributed by atoms with E-state index < -0.39 is 0 Å². The van der Waals surface area contributed by atoms with Crippen LogP contribution in [0.15, 0.2) is 53.0 Å². The van der Waals surface area contributed by atoms with E-state index in [-0.39, 0.29) is 6.04 Å². The highest BCUT2D eigenvalue weighted by Crippen LogP contribution is 2.24. The predicted octanol–water partition coefficient (Wildman–Crippen LogP) is 5.10. The maximum Gasteiger partial charge on any atom is 0.0574 e. The zero-order valence-corrected chi connectivity index (χ0v) is 13.8. The minimum Gasteiger partial charge on any atom is -0.309 e. The molecule has 0 spiro atoms. The van der Waals surface area contributed by atoms with Crippen LogP contribution in [0.5, 0.6) is 0 Å². The lowest BCUT2D eigenvalue weighted by atomic mass is 9.97. The second-order valence-electron chi connectivity index (χ2n) is 5.12. The molecule has 0 aliphatic carbocycles.